The van der Waals surface area contributed by atoms with Gasteiger partial charge in [-0.1, -0.05) is 23.7 Å². The molecule has 100 valence electrons. The van der Waals surface area contributed by atoms with Crippen LogP contribution in [-0.2, 0) is 4.74 Å². The topological polar surface area (TPSA) is 47.6 Å². The highest BCUT2D eigenvalue weighted by Crippen LogP contribution is 2.22. The van der Waals surface area contributed by atoms with E-state index in [0.717, 1.165) is 0 Å². The van der Waals surface area contributed by atoms with Crippen molar-refractivity contribution in [1.82, 2.24) is 5.32 Å². The van der Waals surface area contributed by atoms with E-state index in [1.807, 2.05) is 32.9 Å². The Hall–Kier alpha value is -1.42. The van der Waals surface area contributed by atoms with Crippen molar-refractivity contribution in [2.45, 2.75) is 26.4 Å². The van der Waals surface area contributed by atoms with Gasteiger partial charge in [0.25, 0.3) is 0 Å². The van der Waals surface area contributed by atoms with Crippen LogP contribution in [0.5, 0.6) is 5.75 Å². The molecule has 0 heterocycles. The average molecular weight is 272 g/mol. The van der Waals surface area contributed by atoms with Crippen molar-refractivity contribution in [1.29, 1.82) is 0 Å². The van der Waals surface area contributed by atoms with E-state index in [9.17, 15) is 4.79 Å². The van der Waals surface area contributed by atoms with Crippen molar-refractivity contribution >= 4 is 17.7 Å². The molecule has 0 spiro atoms. The normalized spacial score (nSPS) is 10.9. The van der Waals surface area contributed by atoms with Gasteiger partial charge in [0, 0.05) is 0 Å². The maximum Gasteiger partial charge on any atom is 0.407 e. The molecule has 0 saturated heterocycles. The smallest absolute Gasteiger partial charge is 0.407 e. The minimum atomic E-state index is -0.492. The number of benzene rings is 1. The van der Waals surface area contributed by atoms with Crippen LogP contribution in [0.15, 0.2) is 24.3 Å². The van der Waals surface area contributed by atoms with E-state index in [2.05, 4.69) is 5.32 Å². The SMILES string of the molecule is CC(C)(C)OC(=O)NCCOc1ccccc1Cl. The third-order valence-corrected chi connectivity index (χ3v) is 2.18. The Morgan fingerprint density at radius 2 is 2.00 bits per heavy atom. The highest BCUT2D eigenvalue weighted by molar-refractivity contribution is 6.32. The summed E-state index contributed by atoms with van der Waals surface area (Å²) in [5, 5.41) is 3.15. The van der Waals surface area contributed by atoms with Crippen molar-refractivity contribution < 1.29 is 14.3 Å². The molecule has 0 aromatic heterocycles. The summed E-state index contributed by atoms with van der Waals surface area (Å²) in [7, 11) is 0. The lowest BCUT2D eigenvalue weighted by atomic mass is 10.2. The second-order valence-corrected chi connectivity index (χ2v) is 5.11. The van der Waals surface area contributed by atoms with Crippen molar-refractivity contribution in [3.8, 4) is 5.75 Å². The average Bonchev–Trinajstić information content (AvgIpc) is 2.24. The zero-order valence-electron chi connectivity index (χ0n) is 10.8. The van der Waals surface area contributed by atoms with Crippen LogP contribution >= 0.6 is 11.6 Å². The summed E-state index contributed by atoms with van der Waals surface area (Å²) < 4.78 is 10.5. The maximum atomic E-state index is 11.3. The van der Waals surface area contributed by atoms with E-state index in [1.54, 1.807) is 12.1 Å². The fourth-order valence-electron chi connectivity index (χ4n) is 1.19. The van der Waals surface area contributed by atoms with Gasteiger partial charge in [0.1, 0.15) is 18.0 Å². The van der Waals surface area contributed by atoms with Crippen LogP contribution in [0.2, 0.25) is 5.02 Å². The van der Waals surface area contributed by atoms with Gasteiger partial charge in [0.2, 0.25) is 0 Å². The minimum Gasteiger partial charge on any atom is -0.490 e. The molecule has 0 atom stereocenters. The molecular formula is C13H18ClNO3. The number of amides is 1. The third kappa shape index (κ3) is 5.77. The summed E-state index contributed by atoms with van der Waals surface area (Å²) in [4.78, 5) is 11.3. The van der Waals surface area contributed by atoms with Crippen molar-refractivity contribution in [3.05, 3.63) is 29.3 Å². The van der Waals surface area contributed by atoms with Crippen molar-refractivity contribution in [2.75, 3.05) is 13.2 Å². The number of carbonyl (C=O) groups excluding carboxylic acids is 1. The number of halogens is 1. The highest BCUT2D eigenvalue weighted by atomic mass is 35.5. The van der Waals surface area contributed by atoms with Crippen LogP contribution in [0.4, 0.5) is 4.79 Å². The van der Waals surface area contributed by atoms with E-state index in [4.69, 9.17) is 21.1 Å². The molecule has 4 nitrogen and oxygen atoms in total. The molecule has 0 saturated carbocycles. The Kier molecular flexibility index (Phi) is 5.28. The lowest BCUT2D eigenvalue weighted by molar-refractivity contribution is 0.0520. The van der Waals surface area contributed by atoms with Gasteiger partial charge >= 0.3 is 6.09 Å². The quantitative estimate of drug-likeness (QED) is 0.855. The maximum absolute atomic E-state index is 11.3. The van der Waals surface area contributed by atoms with Crippen LogP contribution in [0.25, 0.3) is 0 Å². The van der Waals surface area contributed by atoms with E-state index in [1.165, 1.54) is 0 Å². The number of hydrogen-bond donors (Lipinski definition) is 1. The summed E-state index contributed by atoms with van der Waals surface area (Å²) in [6.07, 6.45) is -0.453. The van der Waals surface area contributed by atoms with Crippen molar-refractivity contribution in [2.24, 2.45) is 0 Å². The number of carbonyl (C=O) groups is 1. The summed E-state index contributed by atoms with van der Waals surface area (Å²) in [5.41, 5.74) is -0.492. The molecule has 0 unspecified atom stereocenters. The molecule has 1 aromatic rings. The van der Waals surface area contributed by atoms with Crippen LogP contribution in [-0.4, -0.2) is 24.8 Å². The highest BCUT2D eigenvalue weighted by Gasteiger charge is 2.15. The molecule has 1 aromatic carbocycles. The molecule has 0 aliphatic carbocycles. The molecule has 5 heteroatoms. The number of hydrogen-bond acceptors (Lipinski definition) is 3. The van der Waals surface area contributed by atoms with Crippen LogP contribution in [0, 0.1) is 0 Å². The van der Waals surface area contributed by atoms with Crippen LogP contribution in [0.1, 0.15) is 20.8 Å². The van der Waals surface area contributed by atoms with Crippen LogP contribution in [0.3, 0.4) is 0 Å². The van der Waals surface area contributed by atoms with Gasteiger partial charge in [-0.2, -0.15) is 0 Å². The second kappa shape index (κ2) is 6.50. The zero-order chi connectivity index (χ0) is 13.6. The summed E-state index contributed by atoms with van der Waals surface area (Å²) in [6.45, 7) is 6.13. The van der Waals surface area contributed by atoms with Crippen molar-refractivity contribution in [3.63, 3.8) is 0 Å². The molecule has 0 bridgehead atoms. The first kappa shape index (κ1) is 14.6. The molecule has 0 fully saturated rings. The first-order valence-electron chi connectivity index (χ1n) is 5.73. The number of ether oxygens (including phenoxy) is 2. The fraction of sp³-hybridized carbons (Fsp3) is 0.462. The molecule has 18 heavy (non-hydrogen) atoms. The fourth-order valence-corrected chi connectivity index (χ4v) is 1.38. The predicted octanol–water partition coefficient (Wildman–Crippen LogP) is 3.24. The van der Waals surface area contributed by atoms with Gasteiger partial charge in [-0.25, -0.2) is 4.79 Å². The van der Waals surface area contributed by atoms with Gasteiger partial charge in [-0.15, -0.1) is 0 Å². The molecule has 1 N–H and O–H groups in total. The number of rotatable bonds is 4. The predicted molar refractivity (Wildman–Crippen MR) is 71.2 cm³/mol. The summed E-state index contributed by atoms with van der Waals surface area (Å²) in [5.74, 6) is 0.602. The number of para-hydroxylation sites is 1. The third-order valence-electron chi connectivity index (χ3n) is 1.86. The molecule has 0 aliphatic heterocycles. The van der Waals surface area contributed by atoms with Gasteiger partial charge in [-0.05, 0) is 32.9 Å². The first-order chi connectivity index (χ1) is 8.38. The number of nitrogens with one attached hydrogen (secondary N) is 1. The van der Waals surface area contributed by atoms with Crippen LogP contribution < -0.4 is 10.1 Å². The van der Waals surface area contributed by atoms with E-state index >= 15 is 0 Å². The lowest BCUT2D eigenvalue weighted by Crippen LogP contribution is -2.34. The van der Waals surface area contributed by atoms with E-state index in [0.29, 0.717) is 23.9 Å². The van der Waals surface area contributed by atoms with Gasteiger partial charge < -0.3 is 14.8 Å². The number of alkyl carbamates (subject to hydrolysis) is 1. The Balaban J connectivity index is 2.23. The van der Waals surface area contributed by atoms with Gasteiger partial charge in [-0.3, -0.25) is 0 Å². The Bertz CT molecular complexity index is 401. The summed E-state index contributed by atoms with van der Waals surface area (Å²) in [6, 6.07) is 7.19. The Morgan fingerprint density at radius 1 is 1.33 bits per heavy atom. The molecular weight excluding hydrogens is 254 g/mol. The first-order valence-corrected chi connectivity index (χ1v) is 6.10. The zero-order valence-corrected chi connectivity index (χ0v) is 11.6. The minimum absolute atomic E-state index is 0.336. The molecule has 1 rings (SSSR count). The lowest BCUT2D eigenvalue weighted by Gasteiger charge is -2.19. The Morgan fingerprint density at radius 3 is 2.61 bits per heavy atom. The second-order valence-electron chi connectivity index (χ2n) is 4.71. The largest absolute Gasteiger partial charge is 0.490 e. The van der Waals surface area contributed by atoms with E-state index < -0.39 is 11.7 Å². The van der Waals surface area contributed by atoms with Gasteiger partial charge in [0.05, 0.1) is 11.6 Å². The standard InChI is InChI=1S/C13H18ClNO3/c1-13(2,3)18-12(16)15-8-9-17-11-7-5-4-6-10(11)14/h4-7H,8-9H2,1-3H3,(H,15,16). The Labute approximate surface area is 112 Å². The monoisotopic (exact) mass is 271 g/mol. The summed E-state index contributed by atoms with van der Waals surface area (Å²) >= 11 is 5.92. The van der Waals surface area contributed by atoms with E-state index in [-0.39, 0.29) is 0 Å². The molecule has 0 aliphatic rings. The van der Waals surface area contributed by atoms with Gasteiger partial charge in [0.15, 0.2) is 0 Å². The molecule has 0 radical (unpaired) electrons. The molecule has 1 amide bonds.